The monoisotopic (exact) mass is 377 g/mol. The Labute approximate surface area is 147 Å². The first-order valence-electron chi connectivity index (χ1n) is 8.59. The van der Waals surface area contributed by atoms with Crippen LogP contribution in [0.4, 0.5) is 0 Å². The van der Waals surface area contributed by atoms with Crippen molar-refractivity contribution in [2.45, 2.75) is 79.1 Å². The van der Waals surface area contributed by atoms with Crippen LogP contribution in [-0.2, 0) is 30.7 Å². The molecule has 0 heterocycles. The second kappa shape index (κ2) is 15.2. The average molecular weight is 377 g/mol. The van der Waals surface area contributed by atoms with Gasteiger partial charge in [0.1, 0.15) is 0 Å². The van der Waals surface area contributed by atoms with Gasteiger partial charge in [-0.3, -0.25) is 4.57 Å². The normalized spacial score (nSPS) is 16.6. The van der Waals surface area contributed by atoms with Crippen LogP contribution in [0, 0.1) is 11.8 Å². The third kappa shape index (κ3) is 13.1. The van der Waals surface area contributed by atoms with E-state index in [1.807, 2.05) is 0 Å². The third-order valence-corrected chi connectivity index (χ3v) is 4.95. The van der Waals surface area contributed by atoms with Gasteiger partial charge >= 0.3 is 17.1 Å². The fraction of sp³-hybridized carbons (Fsp3) is 1.00. The second-order valence-corrected chi connectivity index (χ2v) is 7.28. The zero-order chi connectivity index (χ0) is 16.1. The summed E-state index contributed by atoms with van der Waals surface area (Å²) in [4.78, 5) is 11.8. The second-order valence-electron chi connectivity index (χ2n) is 5.87. The first-order chi connectivity index (χ1) is 9.99. The van der Waals surface area contributed by atoms with Gasteiger partial charge in [0.25, 0.3) is 7.82 Å². The Balaban J connectivity index is 0. The van der Waals surface area contributed by atoms with Crippen LogP contribution >= 0.6 is 7.82 Å². The SMILES string of the molecule is CCCCC(CC)COP(=O)([O-])OCC(CC)CCCC.[Fe+3]. The summed E-state index contributed by atoms with van der Waals surface area (Å²) in [5.41, 5.74) is 0. The van der Waals surface area contributed by atoms with Crippen LogP contribution in [0.3, 0.4) is 0 Å². The van der Waals surface area contributed by atoms with Crippen molar-refractivity contribution in [1.82, 2.24) is 0 Å². The van der Waals surface area contributed by atoms with Crippen molar-refractivity contribution in [3.8, 4) is 0 Å². The van der Waals surface area contributed by atoms with Gasteiger partial charge < -0.3 is 13.9 Å². The predicted molar refractivity (Wildman–Crippen MR) is 86.1 cm³/mol. The Kier molecular flexibility index (Phi) is 17.2. The molecule has 0 saturated heterocycles. The molecule has 0 spiro atoms. The molecule has 0 aromatic carbocycles. The summed E-state index contributed by atoms with van der Waals surface area (Å²) in [7, 11) is -4.14. The summed E-state index contributed by atoms with van der Waals surface area (Å²) >= 11 is 0. The van der Waals surface area contributed by atoms with Crippen LogP contribution in [0.15, 0.2) is 0 Å². The Morgan fingerprint density at radius 1 is 0.864 bits per heavy atom. The molecule has 6 heteroatoms. The molecule has 0 fully saturated rings. The molecule has 0 saturated carbocycles. The molecule has 2 unspecified atom stereocenters. The number of hydrogen-bond donors (Lipinski definition) is 0. The molecule has 0 N–H and O–H groups in total. The van der Waals surface area contributed by atoms with Crippen molar-refractivity contribution in [3.05, 3.63) is 0 Å². The predicted octanol–water partition coefficient (Wildman–Crippen LogP) is 4.92. The van der Waals surface area contributed by atoms with Crippen LogP contribution in [0.25, 0.3) is 0 Å². The van der Waals surface area contributed by atoms with E-state index in [4.69, 9.17) is 9.05 Å². The standard InChI is InChI=1S/C16H35O4P.Fe/c1-5-9-11-15(7-3)13-19-21(17,18)20-14-16(8-4)12-10-6-2;/h15-16H,5-14H2,1-4H3,(H,17,18);/q;+3/p-1. The van der Waals surface area contributed by atoms with E-state index < -0.39 is 7.82 Å². The Hall–Kier alpha value is 0.629. The quantitative estimate of drug-likeness (QED) is 0.319. The van der Waals surface area contributed by atoms with Gasteiger partial charge in [-0.25, -0.2) is 0 Å². The molecular weight excluding hydrogens is 343 g/mol. The number of rotatable bonds is 14. The minimum Gasteiger partial charge on any atom is -0.756 e. The largest absolute Gasteiger partial charge is 3.00 e. The molecule has 0 rings (SSSR count). The third-order valence-electron chi connectivity index (χ3n) is 4.02. The molecule has 22 heavy (non-hydrogen) atoms. The van der Waals surface area contributed by atoms with E-state index in [1.54, 1.807) is 0 Å². The molecule has 0 aromatic heterocycles. The fourth-order valence-electron chi connectivity index (χ4n) is 2.23. The number of phosphoric ester groups is 1. The summed E-state index contributed by atoms with van der Waals surface area (Å²) in [6.07, 6.45) is 8.38. The van der Waals surface area contributed by atoms with Crippen LogP contribution in [0.1, 0.15) is 79.1 Å². The molecule has 0 aliphatic heterocycles. The fourth-order valence-corrected chi connectivity index (χ4v) is 3.09. The van der Waals surface area contributed by atoms with Crippen molar-refractivity contribution in [2.24, 2.45) is 11.8 Å². The Morgan fingerprint density at radius 2 is 1.23 bits per heavy atom. The Morgan fingerprint density at radius 3 is 1.50 bits per heavy atom. The maximum Gasteiger partial charge on any atom is 3.00 e. The summed E-state index contributed by atoms with van der Waals surface area (Å²) < 4.78 is 21.9. The first kappa shape index (κ1) is 24.9. The molecule has 0 aromatic rings. The average Bonchev–Trinajstić information content (AvgIpc) is 2.47. The molecule has 2 atom stereocenters. The number of hydrogen-bond acceptors (Lipinski definition) is 4. The van der Waals surface area contributed by atoms with Gasteiger partial charge in [-0.1, -0.05) is 66.2 Å². The molecule has 1 radical (unpaired) electrons. The molecule has 0 aliphatic carbocycles. The summed E-state index contributed by atoms with van der Waals surface area (Å²) in [6.45, 7) is 8.91. The van der Waals surface area contributed by atoms with Crippen LogP contribution in [0.5, 0.6) is 0 Å². The zero-order valence-electron chi connectivity index (χ0n) is 14.7. The van der Waals surface area contributed by atoms with E-state index in [0.29, 0.717) is 11.8 Å². The van der Waals surface area contributed by atoms with Crippen molar-refractivity contribution in [2.75, 3.05) is 13.2 Å². The summed E-state index contributed by atoms with van der Waals surface area (Å²) in [5, 5.41) is 0. The zero-order valence-corrected chi connectivity index (χ0v) is 16.7. The number of phosphoric acid groups is 1. The van der Waals surface area contributed by atoms with Crippen molar-refractivity contribution in [1.29, 1.82) is 0 Å². The Bertz CT molecular complexity index is 265. The molecule has 0 aliphatic rings. The van der Waals surface area contributed by atoms with Crippen LogP contribution in [0.2, 0.25) is 0 Å². The summed E-state index contributed by atoms with van der Waals surface area (Å²) in [6, 6.07) is 0. The van der Waals surface area contributed by atoms with Gasteiger partial charge in [0.15, 0.2) is 0 Å². The van der Waals surface area contributed by atoms with Gasteiger partial charge in [0, 0.05) is 0 Å². The molecular formula is C16H34FeO4P+2. The van der Waals surface area contributed by atoms with E-state index in [2.05, 4.69) is 27.7 Å². The van der Waals surface area contributed by atoms with E-state index in [-0.39, 0.29) is 30.3 Å². The van der Waals surface area contributed by atoms with E-state index in [0.717, 1.165) is 51.4 Å². The van der Waals surface area contributed by atoms with E-state index >= 15 is 0 Å². The topological polar surface area (TPSA) is 58.6 Å². The van der Waals surface area contributed by atoms with Crippen molar-refractivity contribution < 1.29 is 35.6 Å². The molecule has 4 nitrogen and oxygen atoms in total. The number of unbranched alkanes of at least 4 members (excludes halogenated alkanes) is 2. The smallest absolute Gasteiger partial charge is 0.756 e. The maximum absolute atomic E-state index is 11.8. The van der Waals surface area contributed by atoms with E-state index in [1.165, 1.54) is 0 Å². The minimum atomic E-state index is -4.14. The van der Waals surface area contributed by atoms with Gasteiger partial charge in [0.05, 0.1) is 13.2 Å². The first-order valence-corrected chi connectivity index (χ1v) is 10.0. The van der Waals surface area contributed by atoms with Crippen molar-refractivity contribution >= 4 is 7.82 Å². The van der Waals surface area contributed by atoms with Gasteiger partial charge in [-0.05, 0) is 24.7 Å². The van der Waals surface area contributed by atoms with E-state index in [9.17, 15) is 9.46 Å². The van der Waals surface area contributed by atoms with Crippen LogP contribution in [-0.4, -0.2) is 13.2 Å². The maximum atomic E-state index is 11.8. The van der Waals surface area contributed by atoms with Gasteiger partial charge in [-0.15, -0.1) is 0 Å². The van der Waals surface area contributed by atoms with Crippen LogP contribution < -0.4 is 4.89 Å². The van der Waals surface area contributed by atoms with Gasteiger partial charge in [0.2, 0.25) is 0 Å². The molecule has 133 valence electrons. The minimum absolute atomic E-state index is 0. The summed E-state index contributed by atoms with van der Waals surface area (Å²) in [5.74, 6) is 0.607. The van der Waals surface area contributed by atoms with Crippen molar-refractivity contribution in [3.63, 3.8) is 0 Å². The van der Waals surface area contributed by atoms with Gasteiger partial charge in [-0.2, -0.15) is 0 Å². The molecule has 0 bridgehead atoms. The molecule has 0 amide bonds.